The van der Waals surface area contributed by atoms with E-state index in [1.807, 2.05) is 6.07 Å². The third-order valence-corrected chi connectivity index (χ3v) is 1.80. The van der Waals surface area contributed by atoms with Gasteiger partial charge in [0.25, 0.3) is 0 Å². The minimum absolute atomic E-state index is 0. The van der Waals surface area contributed by atoms with Gasteiger partial charge in [-0.3, -0.25) is 4.79 Å². The number of nitrogens with two attached hydrogens (primary N) is 2. The Morgan fingerprint density at radius 3 is 2.73 bits per heavy atom. The highest BCUT2D eigenvalue weighted by molar-refractivity contribution is 5.85. The Kier molecular flexibility index (Phi) is 5.93. The topological polar surface area (TPSA) is 78.3 Å². The molecule has 0 aromatic heterocycles. The van der Waals surface area contributed by atoms with E-state index in [0.29, 0.717) is 12.3 Å². The van der Waals surface area contributed by atoms with Crippen molar-refractivity contribution in [1.82, 2.24) is 0 Å². The molecule has 0 aliphatic heterocycles. The third kappa shape index (κ3) is 4.29. The lowest BCUT2D eigenvalue weighted by molar-refractivity contribution is -0.131. The summed E-state index contributed by atoms with van der Waals surface area (Å²) in [5.74, 6) is 0.155. The second-order valence-electron chi connectivity index (χ2n) is 3.01. The molecule has 84 valence electrons. The van der Waals surface area contributed by atoms with Crippen LogP contribution in [0.2, 0.25) is 0 Å². The van der Waals surface area contributed by atoms with Crippen LogP contribution in [0, 0.1) is 0 Å². The van der Waals surface area contributed by atoms with Gasteiger partial charge < -0.3 is 16.2 Å². The molecule has 0 spiro atoms. The van der Waals surface area contributed by atoms with Gasteiger partial charge in [-0.05, 0) is 17.7 Å². The van der Waals surface area contributed by atoms with Gasteiger partial charge >= 0.3 is 5.97 Å². The zero-order chi connectivity index (χ0) is 10.6. The van der Waals surface area contributed by atoms with E-state index in [2.05, 4.69) is 0 Å². The monoisotopic (exact) mass is 230 g/mol. The van der Waals surface area contributed by atoms with Crippen LogP contribution >= 0.6 is 12.4 Å². The van der Waals surface area contributed by atoms with E-state index >= 15 is 0 Å². The van der Waals surface area contributed by atoms with Gasteiger partial charge in [-0.25, -0.2) is 0 Å². The molecule has 0 aliphatic carbocycles. The van der Waals surface area contributed by atoms with Crippen LogP contribution in [0.3, 0.4) is 0 Å². The van der Waals surface area contributed by atoms with Gasteiger partial charge in [0.05, 0.1) is 0 Å². The van der Waals surface area contributed by atoms with Crippen molar-refractivity contribution < 1.29 is 9.53 Å². The molecule has 0 aliphatic rings. The van der Waals surface area contributed by atoms with Crippen molar-refractivity contribution in [3.05, 3.63) is 29.8 Å². The Bertz CT molecular complexity index is 331. The number of rotatable bonds is 3. The molecule has 0 fully saturated rings. The summed E-state index contributed by atoms with van der Waals surface area (Å²) < 4.78 is 4.91. The molecule has 5 heteroatoms. The molecule has 0 saturated carbocycles. The van der Waals surface area contributed by atoms with Crippen LogP contribution < -0.4 is 16.2 Å². The number of halogens is 1. The zero-order valence-corrected chi connectivity index (χ0v) is 9.29. The predicted octanol–water partition coefficient (Wildman–Crippen LogP) is 0.992. The van der Waals surface area contributed by atoms with Gasteiger partial charge in [0.15, 0.2) is 0 Å². The molecular weight excluding hydrogens is 216 g/mol. The number of benzene rings is 1. The molecule has 0 saturated heterocycles. The van der Waals surface area contributed by atoms with Gasteiger partial charge in [0.1, 0.15) is 5.75 Å². The van der Waals surface area contributed by atoms with E-state index in [4.69, 9.17) is 16.2 Å². The van der Waals surface area contributed by atoms with Gasteiger partial charge in [-0.1, -0.05) is 12.1 Å². The first-order valence-corrected chi connectivity index (χ1v) is 4.37. The van der Waals surface area contributed by atoms with Crippen molar-refractivity contribution in [3.8, 4) is 5.75 Å². The summed E-state index contributed by atoms with van der Waals surface area (Å²) in [6, 6.07) is 6.84. The Hall–Kier alpha value is -1.10. The lowest BCUT2D eigenvalue weighted by atomic mass is 10.1. The predicted molar refractivity (Wildman–Crippen MR) is 61.0 cm³/mol. The average molecular weight is 231 g/mol. The second-order valence-corrected chi connectivity index (χ2v) is 3.01. The van der Waals surface area contributed by atoms with Crippen LogP contribution in [0.25, 0.3) is 0 Å². The maximum atomic E-state index is 10.7. The summed E-state index contributed by atoms with van der Waals surface area (Å²) in [5.41, 5.74) is 12.0. The summed E-state index contributed by atoms with van der Waals surface area (Å²) in [4.78, 5) is 10.7. The molecule has 0 unspecified atom stereocenters. The zero-order valence-electron chi connectivity index (χ0n) is 8.47. The molecular formula is C10H15ClN2O2. The first-order valence-electron chi connectivity index (χ1n) is 4.37. The first-order chi connectivity index (χ1) is 6.63. The molecule has 1 aromatic carbocycles. The van der Waals surface area contributed by atoms with E-state index in [9.17, 15) is 4.79 Å². The fourth-order valence-electron chi connectivity index (χ4n) is 1.11. The van der Waals surface area contributed by atoms with E-state index < -0.39 is 0 Å². The average Bonchev–Trinajstić information content (AvgIpc) is 2.16. The maximum Gasteiger partial charge on any atom is 0.308 e. The van der Waals surface area contributed by atoms with Crippen molar-refractivity contribution in [2.45, 2.75) is 13.0 Å². The molecule has 15 heavy (non-hydrogen) atoms. The van der Waals surface area contributed by atoms with Gasteiger partial charge in [0.2, 0.25) is 0 Å². The normalized spacial score (nSPS) is 11.4. The van der Waals surface area contributed by atoms with Gasteiger partial charge in [-0.2, -0.15) is 0 Å². The Morgan fingerprint density at radius 2 is 2.20 bits per heavy atom. The van der Waals surface area contributed by atoms with Crippen LogP contribution in [0.1, 0.15) is 18.5 Å². The third-order valence-electron chi connectivity index (χ3n) is 1.80. The molecule has 1 aromatic rings. The van der Waals surface area contributed by atoms with Crippen LogP contribution in [0.4, 0.5) is 0 Å². The molecule has 4 nitrogen and oxygen atoms in total. The van der Waals surface area contributed by atoms with Gasteiger partial charge in [-0.15, -0.1) is 12.4 Å². The number of carbonyl (C=O) groups excluding carboxylic acids is 1. The van der Waals surface area contributed by atoms with Crippen LogP contribution in [0.5, 0.6) is 5.75 Å². The smallest absolute Gasteiger partial charge is 0.308 e. The Morgan fingerprint density at radius 1 is 1.53 bits per heavy atom. The maximum absolute atomic E-state index is 10.7. The summed E-state index contributed by atoms with van der Waals surface area (Å²) in [5, 5.41) is 0. The second kappa shape index (κ2) is 6.40. The Labute approximate surface area is 95.0 Å². The number of carbonyl (C=O) groups is 1. The molecule has 0 heterocycles. The van der Waals surface area contributed by atoms with E-state index in [1.54, 1.807) is 18.2 Å². The minimum Gasteiger partial charge on any atom is -0.427 e. The lowest BCUT2D eigenvalue weighted by Crippen LogP contribution is -2.20. The van der Waals surface area contributed by atoms with Crippen LogP contribution in [0.15, 0.2) is 24.3 Å². The number of hydrogen-bond acceptors (Lipinski definition) is 4. The van der Waals surface area contributed by atoms with Crippen molar-refractivity contribution in [2.75, 3.05) is 6.54 Å². The molecule has 1 atom stereocenters. The SMILES string of the molecule is CC(=O)Oc1cccc([C@@H](N)CN)c1.Cl. The fourth-order valence-corrected chi connectivity index (χ4v) is 1.11. The minimum atomic E-state index is -0.344. The largest absolute Gasteiger partial charge is 0.427 e. The summed E-state index contributed by atoms with van der Waals surface area (Å²) >= 11 is 0. The van der Waals surface area contributed by atoms with Crippen LogP contribution in [-0.4, -0.2) is 12.5 Å². The Balaban J connectivity index is 0.00000196. The highest BCUT2D eigenvalue weighted by atomic mass is 35.5. The number of esters is 1. The number of hydrogen-bond donors (Lipinski definition) is 2. The lowest BCUT2D eigenvalue weighted by Gasteiger charge is -2.10. The molecule has 0 radical (unpaired) electrons. The van der Waals surface area contributed by atoms with Crippen molar-refractivity contribution >= 4 is 18.4 Å². The highest BCUT2D eigenvalue weighted by Crippen LogP contribution is 2.17. The summed E-state index contributed by atoms with van der Waals surface area (Å²) in [7, 11) is 0. The quantitative estimate of drug-likeness (QED) is 0.600. The van der Waals surface area contributed by atoms with Crippen molar-refractivity contribution in [1.29, 1.82) is 0 Å². The molecule has 0 amide bonds. The molecule has 4 N–H and O–H groups in total. The number of ether oxygens (including phenoxy) is 1. The van der Waals surface area contributed by atoms with Gasteiger partial charge in [0, 0.05) is 19.5 Å². The highest BCUT2D eigenvalue weighted by Gasteiger charge is 2.05. The standard InChI is InChI=1S/C10H14N2O2.ClH/c1-7(13)14-9-4-2-3-8(5-9)10(12)6-11;/h2-5,10H,6,11-12H2,1H3;1H/t10-;/m0./s1. The van der Waals surface area contributed by atoms with E-state index in [1.165, 1.54) is 6.92 Å². The fraction of sp³-hybridized carbons (Fsp3) is 0.300. The van der Waals surface area contributed by atoms with E-state index in [-0.39, 0.29) is 24.4 Å². The van der Waals surface area contributed by atoms with Crippen LogP contribution in [-0.2, 0) is 4.79 Å². The molecule has 0 bridgehead atoms. The summed E-state index contributed by atoms with van der Waals surface area (Å²) in [6.07, 6.45) is 0. The van der Waals surface area contributed by atoms with Crippen molar-refractivity contribution in [3.63, 3.8) is 0 Å². The van der Waals surface area contributed by atoms with Crippen molar-refractivity contribution in [2.24, 2.45) is 11.5 Å². The first kappa shape index (κ1) is 13.9. The van der Waals surface area contributed by atoms with E-state index in [0.717, 1.165) is 5.56 Å². The summed E-state index contributed by atoms with van der Waals surface area (Å²) in [6.45, 7) is 1.72. The molecule has 1 rings (SSSR count).